The van der Waals surface area contributed by atoms with Gasteiger partial charge in [0.1, 0.15) is 5.69 Å². The lowest BCUT2D eigenvalue weighted by molar-refractivity contribution is 0.0677. The first-order chi connectivity index (χ1) is 10.1. The SMILES string of the molecule is CC1CCCN(C(=O)c2cc(C(C)C)n3nccc3n2)C1. The van der Waals surface area contributed by atoms with Crippen LogP contribution in [0.25, 0.3) is 5.65 Å². The molecule has 3 rings (SSSR count). The third kappa shape index (κ3) is 2.64. The van der Waals surface area contributed by atoms with Crippen molar-refractivity contribution < 1.29 is 4.79 Å². The number of rotatable bonds is 2. The van der Waals surface area contributed by atoms with Crippen LogP contribution in [0.4, 0.5) is 0 Å². The Balaban J connectivity index is 1.97. The zero-order chi connectivity index (χ0) is 15.0. The monoisotopic (exact) mass is 286 g/mol. The molecule has 5 heteroatoms. The molecule has 1 aliphatic heterocycles. The summed E-state index contributed by atoms with van der Waals surface area (Å²) in [6.45, 7) is 8.09. The molecule has 1 atom stereocenters. The highest BCUT2D eigenvalue weighted by atomic mass is 16.2. The molecule has 3 heterocycles. The van der Waals surface area contributed by atoms with Crippen molar-refractivity contribution in [2.24, 2.45) is 5.92 Å². The number of nitrogens with zero attached hydrogens (tertiary/aromatic N) is 4. The minimum Gasteiger partial charge on any atom is -0.337 e. The van der Waals surface area contributed by atoms with E-state index in [0.717, 1.165) is 30.9 Å². The van der Waals surface area contributed by atoms with Crippen molar-refractivity contribution in [1.82, 2.24) is 19.5 Å². The van der Waals surface area contributed by atoms with Crippen LogP contribution in [0.1, 0.15) is 55.7 Å². The fraction of sp³-hybridized carbons (Fsp3) is 0.562. The minimum absolute atomic E-state index is 0.0483. The molecular weight excluding hydrogens is 264 g/mol. The van der Waals surface area contributed by atoms with Crippen LogP contribution in [-0.2, 0) is 0 Å². The number of carbonyl (C=O) groups excluding carboxylic acids is 1. The average Bonchev–Trinajstić information content (AvgIpc) is 2.93. The van der Waals surface area contributed by atoms with E-state index in [9.17, 15) is 4.79 Å². The van der Waals surface area contributed by atoms with E-state index >= 15 is 0 Å². The topological polar surface area (TPSA) is 50.5 Å². The molecule has 1 saturated heterocycles. The van der Waals surface area contributed by atoms with E-state index in [0.29, 0.717) is 17.5 Å². The molecule has 1 unspecified atom stereocenters. The van der Waals surface area contributed by atoms with Crippen molar-refractivity contribution >= 4 is 11.6 Å². The molecule has 21 heavy (non-hydrogen) atoms. The highest BCUT2D eigenvalue weighted by Gasteiger charge is 2.24. The van der Waals surface area contributed by atoms with Crippen molar-refractivity contribution in [2.75, 3.05) is 13.1 Å². The van der Waals surface area contributed by atoms with Crippen molar-refractivity contribution in [1.29, 1.82) is 0 Å². The predicted molar refractivity (Wildman–Crippen MR) is 81.4 cm³/mol. The number of hydrogen-bond donors (Lipinski definition) is 0. The third-order valence-electron chi connectivity index (χ3n) is 4.14. The van der Waals surface area contributed by atoms with E-state index in [1.165, 1.54) is 6.42 Å². The fourth-order valence-electron chi connectivity index (χ4n) is 2.99. The molecule has 0 radical (unpaired) electrons. The molecule has 112 valence electrons. The molecule has 2 aromatic rings. The van der Waals surface area contributed by atoms with Gasteiger partial charge in [0, 0.05) is 24.8 Å². The van der Waals surface area contributed by atoms with Gasteiger partial charge in [0.2, 0.25) is 0 Å². The van der Waals surface area contributed by atoms with Gasteiger partial charge in [0.25, 0.3) is 5.91 Å². The highest BCUT2D eigenvalue weighted by Crippen LogP contribution is 2.20. The standard InChI is InChI=1S/C16H22N4O/c1-11(2)14-9-13(18-15-6-7-17-20(14)15)16(21)19-8-4-5-12(3)10-19/h6-7,9,11-12H,4-5,8,10H2,1-3H3. The van der Waals surface area contributed by atoms with E-state index in [1.54, 1.807) is 6.20 Å². The molecule has 0 N–H and O–H groups in total. The summed E-state index contributed by atoms with van der Waals surface area (Å²) >= 11 is 0. The summed E-state index contributed by atoms with van der Waals surface area (Å²) in [5.41, 5.74) is 2.31. The summed E-state index contributed by atoms with van der Waals surface area (Å²) in [5.74, 6) is 0.917. The molecule has 0 aliphatic carbocycles. The second-order valence-corrected chi connectivity index (χ2v) is 6.32. The van der Waals surface area contributed by atoms with Gasteiger partial charge in [-0.05, 0) is 30.7 Å². The Hall–Kier alpha value is -1.91. The molecule has 5 nitrogen and oxygen atoms in total. The van der Waals surface area contributed by atoms with Crippen LogP contribution in [0.2, 0.25) is 0 Å². The molecule has 0 saturated carbocycles. The Bertz CT molecular complexity index is 661. The van der Waals surface area contributed by atoms with Crippen LogP contribution in [0.15, 0.2) is 18.3 Å². The lowest BCUT2D eigenvalue weighted by atomic mass is 10.00. The van der Waals surface area contributed by atoms with Gasteiger partial charge in [-0.2, -0.15) is 5.10 Å². The van der Waals surface area contributed by atoms with E-state index in [-0.39, 0.29) is 5.91 Å². The number of piperidine rings is 1. The second-order valence-electron chi connectivity index (χ2n) is 6.32. The Morgan fingerprint density at radius 1 is 1.43 bits per heavy atom. The Morgan fingerprint density at radius 3 is 2.95 bits per heavy atom. The van der Waals surface area contributed by atoms with Gasteiger partial charge in [-0.25, -0.2) is 9.50 Å². The van der Waals surface area contributed by atoms with Crippen LogP contribution >= 0.6 is 0 Å². The molecule has 0 bridgehead atoms. The quantitative estimate of drug-likeness (QED) is 0.853. The minimum atomic E-state index is 0.0483. The van der Waals surface area contributed by atoms with Gasteiger partial charge in [0.15, 0.2) is 5.65 Å². The summed E-state index contributed by atoms with van der Waals surface area (Å²) in [5, 5.41) is 4.29. The summed E-state index contributed by atoms with van der Waals surface area (Å²) in [4.78, 5) is 19.1. The maximum Gasteiger partial charge on any atom is 0.272 e. The van der Waals surface area contributed by atoms with Crippen molar-refractivity contribution in [3.63, 3.8) is 0 Å². The van der Waals surface area contributed by atoms with Crippen LogP contribution < -0.4 is 0 Å². The van der Waals surface area contributed by atoms with E-state index in [1.807, 2.05) is 21.5 Å². The number of carbonyl (C=O) groups is 1. The maximum atomic E-state index is 12.7. The molecule has 0 aromatic carbocycles. The summed E-state index contributed by atoms with van der Waals surface area (Å²) in [6.07, 6.45) is 4.01. The van der Waals surface area contributed by atoms with Gasteiger partial charge < -0.3 is 4.90 Å². The van der Waals surface area contributed by atoms with Crippen molar-refractivity contribution in [3.8, 4) is 0 Å². The molecular formula is C16H22N4O. The normalized spacial score (nSPS) is 19.4. The first-order valence-corrected chi connectivity index (χ1v) is 7.70. The molecule has 0 spiro atoms. The zero-order valence-electron chi connectivity index (χ0n) is 12.9. The Labute approximate surface area is 125 Å². The van der Waals surface area contributed by atoms with Crippen molar-refractivity contribution in [2.45, 2.75) is 39.5 Å². The van der Waals surface area contributed by atoms with Crippen LogP contribution in [-0.4, -0.2) is 38.5 Å². The smallest absolute Gasteiger partial charge is 0.272 e. The van der Waals surface area contributed by atoms with Crippen LogP contribution in [0.5, 0.6) is 0 Å². The van der Waals surface area contributed by atoms with E-state index in [2.05, 4.69) is 30.9 Å². The third-order valence-corrected chi connectivity index (χ3v) is 4.14. The fourth-order valence-corrected chi connectivity index (χ4v) is 2.99. The maximum absolute atomic E-state index is 12.7. The largest absolute Gasteiger partial charge is 0.337 e. The number of aromatic nitrogens is 3. The van der Waals surface area contributed by atoms with Crippen LogP contribution in [0, 0.1) is 5.92 Å². The first-order valence-electron chi connectivity index (χ1n) is 7.70. The molecule has 1 amide bonds. The number of hydrogen-bond acceptors (Lipinski definition) is 3. The molecule has 2 aromatic heterocycles. The predicted octanol–water partition coefficient (Wildman–Crippen LogP) is 2.72. The van der Waals surface area contributed by atoms with Gasteiger partial charge in [-0.15, -0.1) is 0 Å². The van der Waals surface area contributed by atoms with E-state index < -0.39 is 0 Å². The Morgan fingerprint density at radius 2 is 2.24 bits per heavy atom. The lowest BCUT2D eigenvalue weighted by Crippen LogP contribution is -2.39. The number of likely N-dealkylation sites (tertiary alicyclic amines) is 1. The Kier molecular flexibility index (Phi) is 3.66. The van der Waals surface area contributed by atoms with Gasteiger partial charge in [0.05, 0.1) is 6.20 Å². The molecule has 1 aliphatic rings. The van der Waals surface area contributed by atoms with Crippen molar-refractivity contribution in [3.05, 3.63) is 29.7 Å². The summed E-state index contributed by atoms with van der Waals surface area (Å²) < 4.78 is 1.82. The highest BCUT2D eigenvalue weighted by molar-refractivity contribution is 5.93. The second kappa shape index (κ2) is 5.47. The zero-order valence-corrected chi connectivity index (χ0v) is 12.9. The summed E-state index contributed by atoms with van der Waals surface area (Å²) in [7, 11) is 0. The number of amides is 1. The first kappa shape index (κ1) is 14.0. The van der Waals surface area contributed by atoms with Crippen LogP contribution in [0.3, 0.4) is 0 Å². The van der Waals surface area contributed by atoms with Gasteiger partial charge in [-0.3, -0.25) is 4.79 Å². The number of fused-ring (bicyclic) bond motifs is 1. The summed E-state index contributed by atoms with van der Waals surface area (Å²) in [6, 6.07) is 3.74. The van der Waals surface area contributed by atoms with Gasteiger partial charge in [-0.1, -0.05) is 20.8 Å². The van der Waals surface area contributed by atoms with Gasteiger partial charge >= 0.3 is 0 Å². The van der Waals surface area contributed by atoms with E-state index in [4.69, 9.17) is 0 Å². The average molecular weight is 286 g/mol. The lowest BCUT2D eigenvalue weighted by Gasteiger charge is -2.30. The molecule has 1 fully saturated rings.